The van der Waals surface area contributed by atoms with Crippen LogP contribution in [-0.4, -0.2) is 22.1 Å². The molecule has 21 heavy (non-hydrogen) atoms. The summed E-state index contributed by atoms with van der Waals surface area (Å²) in [7, 11) is 0. The summed E-state index contributed by atoms with van der Waals surface area (Å²) in [5.74, 6) is -0.681. The number of aryl methyl sites for hydroxylation is 1. The largest absolute Gasteiger partial charge is 0.481 e. The summed E-state index contributed by atoms with van der Waals surface area (Å²) in [6.45, 7) is 1.72. The molecule has 1 aromatic heterocycles. The fourth-order valence-electron chi connectivity index (χ4n) is 2.09. The Hall–Kier alpha value is -2.63. The SMILES string of the molecule is Cc1cc(NC(=O)C[C@H](CC(=O)O)c2ccccc2)no1. The first kappa shape index (κ1) is 14.8. The number of nitrogens with one attached hydrogen (secondary N) is 1. The van der Waals surface area contributed by atoms with Crippen LogP contribution in [0.25, 0.3) is 0 Å². The molecule has 0 spiro atoms. The van der Waals surface area contributed by atoms with E-state index < -0.39 is 5.97 Å². The molecule has 1 heterocycles. The molecule has 110 valence electrons. The zero-order valence-electron chi connectivity index (χ0n) is 11.6. The minimum atomic E-state index is -0.936. The van der Waals surface area contributed by atoms with Gasteiger partial charge in [-0.2, -0.15) is 0 Å². The van der Waals surface area contributed by atoms with Crippen LogP contribution in [0.5, 0.6) is 0 Å². The van der Waals surface area contributed by atoms with Crippen molar-refractivity contribution in [2.24, 2.45) is 0 Å². The number of anilines is 1. The van der Waals surface area contributed by atoms with Crippen LogP contribution < -0.4 is 5.32 Å². The Morgan fingerprint density at radius 3 is 2.57 bits per heavy atom. The number of rotatable bonds is 6. The number of carbonyl (C=O) groups excluding carboxylic acids is 1. The number of aliphatic carboxylic acids is 1. The predicted molar refractivity (Wildman–Crippen MR) is 75.9 cm³/mol. The molecule has 0 aliphatic heterocycles. The van der Waals surface area contributed by atoms with Gasteiger partial charge in [-0.25, -0.2) is 0 Å². The number of nitrogens with zero attached hydrogens (tertiary/aromatic N) is 1. The molecular formula is C15H16N2O4. The van der Waals surface area contributed by atoms with Crippen LogP contribution in [0.4, 0.5) is 5.82 Å². The molecule has 0 unspecified atom stereocenters. The number of aromatic nitrogens is 1. The Bertz CT molecular complexity index is 622. The molecule has 0 fully saturated rings. The number of amides is 1. The first-order valence-electron chi connectivity index (χ1n) is 6.54. The molecule has 2 aromatic rings. The highest BCUT2D eigenvalue weighted by atomic mass is 16.5. The standard InChI is InChI=1S/C15H16N2O4/c1-10-7-13(17-21-10)16-14(18)8-12(9-15(19)20)11-5-3-2-4-6-11/h2-7,12H,8-9H2,1H3,(H,19,20)(H,16,17,18)/t12-/m1/s1. The number of hydrogen-bond acceptors (Lipinski definition) is 4. The Kier molecular flexibility index (Phi) is 4.71. The first-order valence-corrected chi connectivity index (χ1v) is 6.54. The van der Waals surface area contributed by atoms with E-state index in [2.05, 4.69) is 10.5 Å². The van der Waals surface area contributed by atoms with E-state index in [9.17, 15) is 9.59 Å². The maximum Gasteiger partial charge on any atom is 0.303 e. The van der Waals surface area contributed by atoms with Gasteiger partial charge >= 0.3 is 5.97 Å². The van der Waals surface area contributed by atoms with E-state index in [0.717, 1.165) is 5.56 Å². The highest BCUT2D eigenvalue weighted by Crippen LogP contribution is 2.24. The number of carboxylic acids is 1. The molecule has 0 saturated heterocycles. The van der Waals surface area contributed by atoms with Gasteiger partial charge in [0.05, 0.1) is 6.42 Å². The fourth-order valence-corrected chi connectivity index (χ4v) is 2.09. The molecule has 0 saturated carbocycles. The van der Waals surface area contributed by atoms with Crippen LogP contribution in [-0.2, 0) is 9.59 Å². The highest BCUT2D eigenvalue weighted by Gasteiger charge is 2.19. The minimum absolute atomic E-state index is 0.0716. The normalized spacial score (nSPS) is 11.9. The summed E-state index contributed by atoms with van der Waals surface area (Å²) >= 11 is 0. The topological polar surface area (TPSA) is 92.4 Å². The molecule has 0 aliphatic carbocycles. The Morgan fingerprint density at radius 1 is 1.29 bits per heavy atom. The summed E-state index contributed by atoms with van der Waals surface area (Å²) in [5.41, 5.74) is 0.825. The van der Waals surface area contributed by atoms with Gasteiger partial charge in [0.15, 0.2) is 5.82 Å². The molecule has 1 atom stereocenters. The zero-order valence-corrected chi connectivity index (χ0v) is 11.6. The minimum Gasteiger partial charge on any atom is -0.481 e. The van der Waals surface area contributed by atoms with Gasteiger partial charge < -0.3 is 14.9 Å². The molecule has 0 radical (unpaired) electrons. The van der Waals surface area contributed by atoms with Gasteiger partial charge in [0.25, 0.3) is 0 Å². The number of carbonyl (C=O) groups is 2. The van der Waals surface area contributed by atoms with Crippen LogP contribution in [0.1, 0.15) is 30.1 Å². The van der Waals surface area contributed by atoms with E-state index in [1.54, 1.807) is 13.0 Å². The number of hydrogen-bond donors (Lipinski definition) is 2. The van der Waals surface area contributed by atoms with Crippen LogP contribution in [0.2, 0.25) is 0 Å². The quantitative estimate of drug-likeness (QED) is 0.852. The van der Waals surface area contributed by atoms with Crippen molar-refractivity contribution in [3.05, 3.63) is 47.7 Å². The second kappa shape index (κ2) is 6.69. The van der Waals surface area contributed by atoms with E-state index in [4.69, 9.17) is 9.63 Å². The average molecular weight is 288 g/mol. The van der Waals surface area contributed by atoms with Gasteiger partial charge in [0, 0.05) is 18.4 Å². The molecule has 1 aromatic carbocycles. The van der Waals surface area contributed by atoms with E-state index in [1.807, 2.05) is 30.3 Å². The zero-order chi connectivity index (χ0) is 15.2. The van der Waals surface area contributed by atoms with Crippen molar-refractivity contribution >= 4 is 17.7 Å². The third kappa shape index (κ3) is 4.45. The van der Waals surface area contributed by atoms with Gasteiger partial charge in [0.1, 0.15) is 5.76 Å². The third-order valence-corrected chi connectivity index (χ3v) is 3.02. The Labute approximate surface area is 121 Å². The monoisotopic (exact) mass is 288 g/mol. The second-order valence-electron chi connectivity index (χ2n) is 4.78. The van der Waals surface area contributed by atoms with Crippen molar-refractivity contribution in [2.75, 3.05) is 5.32 Å². The molecule has 6 heteroatoms. The van der Waals surface area contributed by atoms with E-state index in [-0.39, 0.29) is 24.7 Å². The summed E-state index contributed by atoms with van der Waals surface area (Å²) in [4.78, 5) is 23.0. The van der Waals surface area contributed by atoms with Crippen molar-refractivity contribution in [1.82, 2.24) is 5.16 Å². The summed E-state index contributed by atoms with van der Waals surface area (Å²) in [6.07, 6.45) is -0.0303. The fraction of sp³-hybridized carbons (Fsp3) is 0.267. The molecule has 0 bridgehead atoms. The van der Waals surface area contributed by atoms with Gasteiger partial charge in [-0.15, -0.1) is 0 Å². The van der Waals surface area contributed by atoms with Crippen molar-refractivity contribution in [3.63, 3.8) is 0 Å². The predicted octanol–water partition coefficient (Wildman–Crippen LogP) is 2.57. The molecule has 2 N–H and O–H groups in total. The van der Waals surface area contributed by atoms with Crippen molar-refractivity contribution in [2.45, 2.75) is 25.7 Å². The van der Waals surface area contributed by atoms with Crippen LogP contribution >= 0.6 is 0 Å². The number of carboxylic acid groups (broad SMARTS) is 1. The third-order valence-electron chi connectivity index (χ3n) is 3.02. The van der Waals surface area contributed by atoms with Crippen LogP contribution in [0.15, 0.2) is 40.9 Å². The molecule has 1 amide bonds. The van der Waals surface area contributed by atoms with Gasteiger partial charge in [0.2, 0.25) is 5.91 Å². The van der Waals surface area contributed by atoms with Crippen LogP contribution in [0.3, 0.4) is 0 Å². The first-order chi connectivity index (χ1) is 10.0. The molecule has 6 nitrogen and oxygen atoms in total. The average Bonchev–Trinajstić information content (AvgIpc) is 2.83. The van der Waals surface area contributed by atoms with Gasteiger partial charge in [-0.05, 0) is 12.5 Å². The summed E-state index contributed by atoms with van der Waals surface area (Å²) in [5, 5.41) is 15.3. The van der Waals surface area contributed by atoms with Crippen molar-refractivity contribution < 1.29 is 19.2 Å². The van der Waals surface area contributed by atoms with E-state index in [1.165, 1.54) is 0 Å². The number of benzene rings is 1. The Balaban J connectivity index is 2.04. The van der Waals surface area contributed by atoms with Crippen molar-refractivity contribution in [1.29, 1.82) is 0 Å². The molecule has 0 aliphatic rings. The van der Waals surface area contributed by atoms with E-state index in [0.29, 0.717) is 11.6 Å². The highest BCUT2D eigenvalue weighted by molar-refractivity contribution is 5.90. The summed E-state index contributed by atoms with van der Waals surface area (Å²) < 4.78 is 4.86. The lowest BCUT2D eigenvalue weighted by Gasteiger charge is -2.14. The lowest BCUT2D eigenvalue weighted by Crippen LogP contribution is -2.17. The lowest BCUT2D eigenvalue weighted by atomic mass is 9.92. The van der Waals surface area contributed by atoms with Gasteiger partial charge in [-0.3, -0.25) is 9.59 Å². The van der Waals surface area contributed by atoms with Crippen LogP contribution in [0, 0.1) is 6.92 Å². The van der Waals surface area contributed by atoms with Crippen molar-refractivity contribution in [3.8, 4) is 0 Å². The van der Waals surface area contributed by atoms with E-state index >= 15 is 0 Å². The smallest absolute Gasteiger partial charge is 0.303 e. The maximum atomic E-state index is 12.0. The summed E-state index contributed by atoms with van der Waals surface area (Å²) in [6, 6.07) is 10.7. The molecule has 2 rings (SSSR count). The second-order valence-corrected chi connectivity index (χ2v) is 4.78. The maximum absolute atomic E-state index is 12.0. The Morgan fingerprint density at radius 2 is 2.00 bits per heavy atom. The lowest BCUT2D eigenvalue weighted by molar-refractivity contribution is -0.137. The molecular weight excluding hydrogens is 272 g/mol. The van der Waals surface area contributed by atoms with Gasteiger partial charge in [-0.1, -0.05) is 35.5 Å².